The van der Waals surface area contributed by atoms with E-state index < -0.39 is 0 Å². The maximum absolute atomic E-state index is 13.8. The van der Waals surface area contributed by atoms with Crippen LogP contribution in [0.5, 0.6) is 11.5 Å². The predicted octanol–water partition coefficient (Wildman–Crippen LogP) is 5.47. The standard InChI is InChI=1S/C22H29BrFNO3/c1-3-4-11-27-12-7-10-25-15-17-13-19(23)22(21(14-17)26-2)28-16-18-8-5-6-9-20(18)24/h5-6,8-9,13-14,25H,3-4,7,10-12,15-16H2,1-2H3. The van der Waals surface area contributed by atoms with Crippen LogP contribution in [0.4, 0.5) is 4.39 Å². The van der Waals surface area contributed by atoms with Crippen LogP contribution in [0.15, 0.2) is 40.9 Å². The molecule has 1 N–H and O–H groups in total. The summed E-state index contributed by atoms with van der Waals surface area (Å²) >= 11 is 3.54. The first-order valence-corrected chi connectivity index (χ1v) is 10.5. The minimum atomic E-state index is -0.280. The summed E-state index contributed by atoms with van der Waals surface area (Å²) in [6.07, 6.45) is 3.26. The van der Waals surface area contributed by atoms with Crippen LogP contribution < -0.4 is 14.8 Å². The van der Waals surface area contributed by atoms with E-state index in [1.54, 1.807) is 25.3 Å². The molecule has 0 fully saturated rings. The van der Waals surface area contributed by atoms with Gasteiger partial charge in [-0.2, -0.15) is 0 Å². The van der Waals surface area contributed by atoms with Gasteiger partial charge in [-0.15, -0.1) is 0 Å². The van der Waals surface area contributed by atoms with E-state index in [0.29, 0.717) is 17.1 Å². The maximum atomic E-state index is 13.8. The third-order valence-electron chi connectivity index (χ3n) is 4.23. The fourth-order valence-corrected chi connectivity index (χ4v) is 3.27. The first-order chi connectivity index (χ1) is 13.7. The quantitative estimate of drug-likeness (QED) is 0.408. The molecule has 2 aromatic carbocycles. The predicted molar refractivity (Wildman–Crippen MR) is 113 cm³/mol. The topological polar surface area (TPSA) is 39.7 Å². The highest BCUT2D eigenvalue weighted by atomic mass is 79.9. The summed E-state index contributed by atoms with van der Waals surface area (Å²) in [4.78, 5) is 0. The summed E-state index contributed by atoms with van der Waals surface area (Å²) in [5, 5.41) is 3.41. The molecule has 4 nitrogen and oxygen atoms in total. The Kier molecular flexibility index (Phi) is 10.3. The van der Waals surface area contributed by atoms with Gasteiger partial charge in [0, 0.05) is 25.3 Å². The molecule has 0 spiro atoms. The smallest absolute Gasteiger partial charge is 0.175 e. The van der Waals surface area contributed by atoms with Crippen LogP contribution in [0.3, 0.4) is 0 Å². The van der Waals surface area contributed by atoms with Gasteiger partial charge in [0.15, 0.2) is 11.5 Å². The highest BCUT2D eigenvalue weighted by Gasteiger charge is 2.13. The van der Waals surface area contributed by atoms with Gasteiger partial charge >= 0.3 is 0 Å². The lowest BCUT2D eigenvalue weighted by Crippen LogP contribution is -2.16. The Morgan fingerprint density at radius 1 is 1.11 bits per heavy atom. The molecule has 0 saturated carbocycles. The van der Waals surface area contributed by atoms with Crippen LogP contribution in [0.2, 0.25) is 0 Å². The molecule has 0 heterocycles. The molecular weight excluding hydrogens is 425 g/mol. The fourth-order valence-electron chi connectivity index (χ4n) is 2.66. The van der Waals surface area contributed by atoms with Crippen molar-refractivity contribution in [2.45, 2.75) is 39.3 Å². The van der Waals surface area contributed by atoms with Crippen molar-refractivity contribution in [1.82, 2.24) is 5.32 Å². The molecule has 0 radical (unpaired) electrons. The summed E-state index contributed by atoms with van der Waals surface area (Å²) < 4.78 is 31.4. The van der Waals surface area contributed by atoms with E-state index in [1.165, 1.54) is 6.07 Å². The fraction of sp³-hybridized carbons (Fsp3) is 0.455. The van der Waals surface area contributed by atoms with Crippen molar-refractivity contribution in [3.8, 4) is 11.5 Å². The molecule has 0 unspecified atom stereocenters. The Hall–Kier alpha value is -1.63. The lowest BCUT2D eigenvalue weighted by Gasteiger charge is -2.15. The summed E-state index contributed by atoms with van der Waals surface area (Å²) in [5.74, 6) is 0.904. The summed E-state index contributed by atoms with van der Waals surface area (Å²) in [5.41, 5.74) is 1.58. The average Bonchev–Trinajstić information content (AvgIpc) is 2.70. The number of nitrogens with one attached hydrogen (secondary N) is 1. The van der Waals surface area contributed by atoms with Gasteiger partial charge in [0.25, 0.3) is 0 Å². The number of hydrogen-bond donors (Lipinski definition) is 1. The van der Waals surface area contributed by atoms with Crippen LogP contribution in [0.1, 0.15) is 37.3 Å². The molecule has 0 aliphatic carbocycles. The molecule has 154 valence electrons. The van der Waals surface area contributed by atoms with Gasteiger partial charge in [-0.25, -0.2) is 4.39 Å². The summed E-state index contributed by atoms with van der Waals surface area (Å²) in [6.45, 7) is 5.53. The van der Waals surface area contributed by atoms with Crippen molar-refractivity contribution in [2.75, 3.05) is 26.9 Å². The first-order valence-electron chi connectivity index (χ1n) is 9.66. The molecule has 2 aromatic rings. The largest absolute Gasteiger partial charge is 0.493 e. The average molecular weight is 454 g/mol. The minimum Gasteiger partial charge on any atom is -0.493 e. The lowest BCUT2D eigenvalue weighted by molar-refractivity contribution is 0.129. The molecule has 0 aliphatic rings. The molecule has 0 amide bonds. The van der Waals surface area contributed by atoms with E-state index >= 15 is 0 Å². The second-order valence-electron chi connectivity index (χ2n) is 6.49. The van der Waals surface area contributed by atoms with Crippen molar-refractivity contribution in [3.63, 3.8) is 0 Å². The van der Waals surface area contributed by atoms with Gasteiger partial charge in [-0.3, -0.25) is 0 Å². The van der Waals surface area contributed by atoms with Crippen molar-refractivity contribution >= 4 is 15.9 Å². The van der Waals surface area contributed by atoms with Crippen LogP contribution in [0, 0.1) is 5.82 Å². The Morgan fingerprint density at radius 2 is 1.89 bits per heavy atom. The zero-order valence-corrected chi connectivity index (χ0v) is 18.2. The number of benzene rings is 2. The minimum absolute atomic E-state index is 0.136. The van der Waals surface area contributed by atoms with E-state index in [1.807, 2.05) is 12.1 Å². The van der Waals surface area contributed by atoms with Gasteiger partial charge in [0.2, 0.25) is 0 Å². The Balaban J connectivity index is 1.85. The normalized spacial score (nSPS) is 10.9. The number of unbranched alkanes of at least 4 members (excludes halogenated alkanes) is 1. The van der Waals surface area contributed by atoms with Gasteiger partial charge in [0.05, 0.1) is 11.6 Å². The van der Waals surface area contributed by atoms with Crippen molar-refractivity contribution in [3.05, 3.63) is 57.8 Å². The molecule has 2 rings (SSSR count). The number of hydrogen-bond acceptors (Lipinski definition) is 4. The van der Waals surface area contributed by atoms with E-state index in [0.717, 1.165) is 55.6 Å². The Bertz CT molecular complexity index is 727. The van der Waals surface area contributed by atoms with E-state index in [4.69, 9.17) is 14.2 Å². The van der Waals surface area contributed by atoms with Crippen LogP contribution >= 0.6 is 15.9 Å². The molecule has 0 atom stereocenters. The Labute approximate surface area is 175 Å². The molecule has 28 heavy (non-hydrogen) atoms. The SMILES string of the molecule is CCCCOCCCNCc1cc(Br)c(OCc2ccccc2F)c(OC)c1. The highest BCUT2D eigenvalue weighted by Crippen LogP contribution is 2.37. The van der Waals surface area contributed by atoms with E-state index in [2.05, 4.69) is 28.2 Å². The second-order valence-corrected chi connectivity index (χ2v) is 7.34. The first kappa shape index (κ1) is 22.7. The molecule has 0 saturated heterocycles. The summed E-state index contributed by atoms with van der Waals surface area (Å²) in [6, 6.07) is 10.5. The molecule has 0 aliphatic heterocycles. The Morgan fingerprint density at radius 3 is 2.64 bits per heavy atom. The van der Waals surface area contributed by atoms with Gasteiger partial charge < -0.3 is 19.5 Å². The number of rotatable bonds is 13. The van der Waals surface area contributed by atoms with Crippen molar-refractivity contribution in [1.29, 1.82) is 0 Å². The van der Waals surface area contributed by atoms with Crippen LogP contribution in [0.25, 0.3) is 0 Å². The molecular formula is C22H29BrFNO3. The summed E-state index contributed by atoms with van der Waals surface area (Å²) in [7, 11) is 1.60. The maximum Gasteiger partial charge on any atom is 0.175 e. The lowest BCUT2D eigenvalue weighted by atomic mass is 10.2. The number of halogens is 2. The second kappa shape index (κ2) is 12.8. The third kappa shape index (κ3) is 7.41. The van der Waals surface area contributed by atoms with Crippen molar-refractivity contribution < 1.29 is 18.6 Å². The van der Waals surface area contributed by atoms with Crippen molar-refractivity contribution in [2.24, 2.45) is 0 Å². The molecule has 6 heteroatoms. The zero-order valence-electron chi connectivity index (χ0n) is 16.6. The van der Waals surface area contributed by atoms with Crippen LogP contribution in [-0.2, 0) is 17.9 Å². The number of methoxy groups -OCH3 is 1. The van der Waals surface area contributed by atoms with Crippen LogP contribution in [-0.4, -0.2) is 26.9 Å². The van der Waals surface area contributed by atoms with E-state index in [-0.39, 0.29) is 12.4 Å². The third-order valence-corrected chi connectivity index (χ3v) is 4.82. The molecule has 0 aromatic heterocycles. The van der Waals surface area contributed by atoms with Gasteiger partial charge in [0.1, 0.15) is 12.4 Å². The molecule has 0 bridgehead atoms. The van der Waals surface area contributed by atoms with E-state index in [9.17, 15) is 4.39 Å². The van der Waals surface area contributed by atoms with Gasteiger partial charge in [-0.05, 0) is 59.1 Å². The van der Waals surface area contributed by atoms with Gasteiger partial charge in [-0.1, -0.05) is 31.5 Å². The monoisotopic (exact) mass is 453 g/mol. The number of ether oxygens (including phenoxy) is 3. The zero-order chi connectivity index (χ0) is 20.2. The highest BCUT2D eigenvalue weighted by molar-refractivity contribution is 9.10.